The van der Waals surface area contributed by atoms with E-state index in [2.05, 4.69) is 10.0 Å². The van der Waals surface area contributed by atoms with Crippen LogP contribution in [0.3, 0.4) is 0 Å². The van der Waals surface area contributed by atoms with Crippen molar-refractivity contribution in [1.82, 2.24) is 10.0 Å². The summed E-state index contributed by atoms with van der Waals surface area (Å²) in [6.07, 6.45) is 0.247. The van der Waals surface area contributed by atoms with Crippen LogP contribution in [0.15, 0.2) is 29.2 Å². The molecule has 0 saturated carbocycles. The highest BCUT2D eigenvalue weighted by molar-refractivity contribution is 7.89. The Balaban J connectivity index is 2.79. The zero-order valence-electron chi connectivity index (χ0n) is 12.9. The van der Waals surface area contributed by atoms with Gasteiger partial charge in [0.05, 0.1) is 11.5 Å². The van der Waals surface area contributed by atoms with E-state index < -0.39 is 27.9 Å². The van der Waals surface area contributed by atoms with Gasteiger partial charge in [-0.3, -0.25) is 4.79 Å². The van der Waals surface area contributed by atoms with Gasteiger partial charge in [0.1, 0.15) is 6.04 Å². The van der Waals surface area contributed by atoms with E-state index >= 15 is 0 Å². The lowest BCUT2D eigenvalue weighted by Crippen LogP contribution is -2.40. The molecular weight excluding hydrogens is 324 g/mol. The van der Waals surface area contributed by atoms with Gasteiger partial charge in [0.25, 0.3) is 5.91 Å². The van der Waals surface area contributed by atoms with E-state index in [4.69, 9.17) is 9.84 Å². The van der Waals surface area contributed by atoms with E-state index in [0.29, 0.717) is 0 Å². The summed E-state index contributed by atoms with van der Waals surface area (Å²) in [5.41, 5.74) is 0.181. The van der Waals surface area contributed by atoms with Crippen LogP contribution in [0.25, 0.3) is 0 Å². The Morgan fingerprint density at radius 1 is 1.26 bits per heavy atom. The number of amides is 1. The Morgan fingerprint density at radius 2 is 1.87 bits per heavy atom. The van der Waals surface area contributed by atoms with Gasteiger partial charge >= 0.3 is 5.97 Å². The molecule has 0 spiro atoms. The van der Waals surface area contributed by atoms with Crippen LogP contribution >= 0.6 is 0 Å². The molecule has 0 aliphatic rings. The SMILES string of the molecule is CCC(NC(=O)c1ccc(S(=O)(=O)NCCOC)cc1)C(=O)O. The van der Waals surface area contributed by atoms with Crippen molar-refractivity contribution in [3.05, 3.63) is 29.8 Å². The molecule has 0 bridgehead atoms. The minimum atomic E-state index is -3.67. The third-order valence-electron chi connectivity index (χ3n) is 3.04. The molecule has 0 aromatic heterocycles. The number of carbonyl (C=O) groups is 2. The van der Waals surface area contributed by atoms with Crippen LogP contribution in [0.2, 0.25) is 0 Å². The van der Waals surface area contributed by atoms with E-state index in [-0.39, 0.29) is 30.0 Å². The van der Waals surface area contributed by atoms with Gasteiger partial charge < -0.3 is 15.2 Å². The number of carbonyl (C=O) groups excluding carboxylic acids is 1. The van der Waals surface area contributed by atoms with E-state index in [1.165, 1.54) is 31.4 Å². The summed E-state index contributed by atoms with van der Waals surface area (Å²) >= 11 is 0. The number of hydrogen-bond acceptors (Lipinski definition) is 5. The maximum Gasteiger partial charge on any atom is 0.326 e. The number of methoxy groups -OCH3 is 1. The monoisotopic (exact) mass is 344 g/mol. The first-order valence-corrected chi connectivity index (χ1v) is 8.42. The number of hydrogen-bond donors (Lipinski definition) is 3. The van der Waals surface area contributed by atoms with Crippen LogP contribution in [0.5, 0.6) is 0 Å². The maximum atomic E-state index is 12.0. The molecule has 0 fully saturated rings. The lowest BCUT2D eigenvalue weighted by Gasteiger charge is -2.12. The van der Waals surface area contributed by atoms with Crippen LogP contribution in [0, 0.1) is 0 Å². The Labute approximate surface area is 134 Å². The third-order valence-corrected chi connectivity index (χ3v) is 4.51. The predicted molar refractivity (Wildman–Crippen MR) is 82.7 cm³/mol. The van der Waals surface area contributed by atoms with Crippen molar-refractivity contribution in [3.8, 4) is 0 Å². The van der Waals surface area contributed by atoms with Gasteiger partial charge in [-0.15, -0.1) is 0 Å². The molecule has 0 radical (unpaired) electrons. The molecule has 8 nitrogen and oxygen atoms in total. The Kier molecular flexibility index (Phi) is 7.14. The molecule has 1 aromatic carbocycles. The van der Waals surface area contributed by atoms with Crippen LogP contribution in [-0.4, -0.2) is 51.7 Å². The largest absolute Gasteiger partial charge is 0.480 e. The summed E-state index contributed by atoms with van der Waals surface area (Å²) in [7, 11) is -2.21. The van der Waals surface area contributed by atoms with Crippen LogP contribution in [0.4, 0.5) is 0 Å². The molecule has 1 unspecified atom stereocenters. The second kappa shape index (κ2) is 8.61. The number of ether oxygens (including phenoxy) is 1. The summed E-state index contributed by atoms with van der Waals surface area (Å²) < 4.78 is 31.0. The van der Waals surface area contributed by atoms with Crippen molar-refractivity contribution in [1.29, 1.82) is 0 Å². The highest BCUT2D eigenvalue weighted by atomic mass is 32.2. The zero-order chi connectivity index (χ0) is 17.5. The van der Waals surface area contributed by atoms with E-state index in [0.717, 1.165) is 0 Å². The summed E-state index contributed by atoms with van der Waals surface area (Å²) in [6, 6.07) is 4.24. The molecule has 1 rings (SSSR count). The average Bonchev–Trinajstić information content (AvgIpc) is 2.52. The normalized spacial score (nSPS) is 12.6. The lowest BCUT2D eigenvalue weighted by molar-refractivity contribution is -0.139. The molecule has 1 atom stereocenters. The highest BCUT2D eigenvalue weighted by Gasteiger charge is 2.19. The smallest absolute Gasteiger partial charge is 0.326 e. The van der Waals surface area contributed by atoms with Crippen LogP contribution in [0.1, 0.15) is 23.7 Å². The molecule has 23 heavy (non-hydrogen) atoms. The minimum Gasteiger partial charge on any atom is -0.480 e. The number of rotatable bonds is 9. The molecule has 0 heterocycles. The number of carboxylic acid groups (broad SMARTS) is 1. The lowest BCUT2D eigenvalue weighted by atomic mass is 10.1. The molecule has 3 N–H and O–H groups in total. The first kappa shape index (κ1) is 19.1. The van der Waals surface area contributed by atoms with Crippen LogP contribution < -0.4 is 10.0 Å². The van der Waals surface area contributed by atoms with Crippen molar-refractivity contribution in [2.45, 2.75) is 24.3 Å². The third kappa shape index (κ3) is 5.62. The minimum absolute atomic E-state index is 0.00966. The van der Waals surface area contributed by atoms with Crippen molar-refractivity contribution in [2.24, 2.45) is 0 Å². The second-order valence-electron chi connectivity index (χ2n) is 4.69. The Morgan fingerprint density at radius 3 is 2.35 bits per heavy atom. The van der Waals surface area contributed by atoms with Gasteiger partial charge in [0.15, 0.2) is 0 Å². The van der Waals surface area contributed by atoms with E-state index in [9.17, 15) is 18.0 Å². The molecule has 0 aliphatic heterocycles. The molecule has 1 amide bonds. The number of aliphatic carboxylic acids is 1. The maximum absolute atomic E-state index is 12.0. The van der Waals surface area contributed by atoms with Gasteiger partial charge in [-0.2, -0.15) is 0 Å². The fraction of sp³-hybridized carbons (Fsp3) is 0.429. The van der Waals surface area contributed by atoms with Crippen molar-refractivity contribution >= 4 is 21.9 Å². The van der Waals surface area contributed by atoms with E-state index in [1.54, 1.807) is 6.92 Å². The summed E-state index contributed by atoms with van der Waals surface area (Å²) in [4.78, 5) is 22.8. The first-order chi connectivity index (χ1) is 10.8. The average molecular weight is 344 g/mol. The highest BCUT2D eigenvalue weighted by Crippen LogP contribution is 2.11. The molecule has 128 valence electrons. The molecule has 9 heteroatoms. The molecule has 1 aromatic rings. The topological polar surface area (TPSA) is 122 Å². The van der Waals surface area contributed by atoms with Crippen molar-refractivity contribution in [3.63, 3.8) is 0 Å². The number of benzene rings is 1. The van der Waals surface area contributed by atoms with Gasteiger partial charge in [-0.25, -0.2) is 17.9 Å². The summed E-state index contributed by atoms with van der Waals surface area (Å²) in [5.74, 6) is -1.70. The quantitative estimate of drug-likeness (QED) is 0.550. The summed E-state index contributed by atoms with van der Waals surface area (Å²) in [5, 5.41) is 11.3. The zero-order valence-corrected chi connectivity index (χ0v) is 13.7. The number of carboxylic acids is 1. The predicted octanol–water partition coefficient (Wildman–Crippen LogP) is 0.204. The van der Waals surface area contributed by atoms with Gasteiger partial charge in [-0.05, 0) is 30.7 Å². The van der Waals surface area contributed by atoms with Gasteiger partial charge in [0.2, 0.25) is 10.0 Å². The van der Waals surface area contributed by atoms with Crippen molar-refractivity contribution in [2.75, 3.05) is 20.3 Å². The Hall–Kier alpha value is -1.97. The Bertz CT molecular complexity index is 642. The standard InChI is InChI=1S/C14H20N2O6S/c1-3-12(14(18)19)16-13(17)10-4-6-11(7-5-10)23(20,21)15-8-9-22-2/h4-7,12,15H,3,8-9H2,1-2H3,(H,16,17)(H,18,19). The van der Waals surface area contributed by atoms with Crippen molar-refractivity contribution < 1.29 is 27.9 Å². The molecular formula is C14H20N2O6S. The summed E-state index contributed by atoms with van der Waals surface area (Å²) in [6.45, 7) is 2.02. The molecule has 0 saturated heterocycles. The van der Waals surface area contributed by atoms with Crippen LogP contribution in [-0.2, 0) is 19.6 Å². The number of nitrogens with one attached hydrogen (secondary N) is 2. The van der Waals surface area contributed by atoms with E-state index in [1.807, 2.05) is 0 Å². The second-order valence-corrected chi connectivity index (χ2v) is 6.45. The molecule has 0 aliphatic carbocycles. The fourth-order valence-electron chi connectivity index (χ4n) is 1.73. The number of sulfonamides is 1. The van der Waals surface area contributed by atoms with Gasteiger partial charge in [0, 0.05) is 19.2 Å². The van der Waals surface area contributed by atoms with Gasteiger partial charge in [-0.1, -0.05) is 6.92 Å². The first-order valence-electron chi connectivity index (χ1n) is 6.94. The fourth-order valence-corrected chi connectivity index (χ4v) is 2.74.